The lowest BCUT2D eigenvalue weighted by Crippen LogP contribution is -2.32. The van der Waals surface area contributed by atoms with Crippen LogP contribution in [0.25, 0.3) is 0 Å². The van der Waals surface area contributed by atoms with Crippen molar-refractivity contribution in [3.05, 3.63) is 35.3 Å². The topological polar surface area (TPSA) is 64.1 Å². The third-order valence-electron chi connectivity index (χ3n) is 4.31. The van der Waals surface area contributed by atoms with Gasteiger partial charge in [0.2, 0.25) is 5.13 Å². The molecule has 1 heterocycles. The molecular weight excluding hydrogens is 322 g/mol. The van der Waals surface area contributed by atoms with Crippen molar-refractivity contribution in [2.45, 2.75) is 57.5 Å². The number of ether oxygens (including phenoxy) is 1. The zero-order valence-corrected chi connectivity index (χ0v) is 14.7. The maximum Gasteiger partial charge on any atom is 0.267 e. The molecule has 24 heavy (non-hydrogen) atoms. The highest BCUT2D eigenvalue weighted by molar-refractivity contribution is 7.15. The van der Waals surface area contributed by atoms with Crippen molar-refractivity contribution in [3.8, 4) is 5.75 Å². The second-order valence-corrected chi connectivity index (χ2v) is 7.11. The number of hydrogen-bond donors (Lipinski definition) is 1. The van der Waals surface area contributed by atoms with Gasteiger partial charge in [-0.15, -0.1) is 10.2 Å². The average molecular weight is 345 g/mol. The second-order valence-electron chi connectivity index (χ2n) is 6.10. The third-order valence-corrected chi connectivity index (χ3v) is 5.31. The minimum Gasteiger partial charge on any atom is -0.481 e. The highest BCUT2D eigenvalue weighted by Crippen LogP contribution is 2.35. The molecule has 6 heteroatoms. The van der Waals surface area contributed by atoms with Gasteiger partial charge in [-0.1, -0.05) is 55.7 Å². The van der Waals surface area contributed by atoms with Gasteiger partial charge in [-0.25, -0.2) is 0 Å². The van der Waals surface area contributed by atoms with Gasteiger partial charge < -0.3 is 4.74 Å². The van der Waals surface area contributed by atoms with E-state index in [1.54, 1.807) is 0 Å². The summed E-state index contributed by atoms with van der Waals surface area (Å²) < 4.78 is 5.77. The predicted octanol–water partition coefficient (Wildman–Crippen LogP) is 4.38. The number of aromatic nitrogens is 2. The highest BCUT2D eigenvalue weighted by atomic mass is 32.1. The maximum absolute atomic E-state index is 12.4. The Morgan fingerprint density at radius 1 is 1.25 bits per heavy atom. The Labute approximate surface area is 146 Å². The summed E-state index contributed by atoms with van der Waals surface area (Å²) in [7, 11) is 0. The van der Waals surface area contributed by atoms with Crippen LogP contribution in [0.5, 0.6) is 5.75 Å². The van der Waals surface area contributed by atoms with Gasteiger partial charge in [-0.3, -0.25) is 10.1 Å². The third kappa shape index (κ3) is 4.32. The summed E-state index contributed by atoms with van der Waals surface area (Å²) in [4.78, 5) is 12.4. The van der Waals surface area contributed by atoms with Crippen molar-refractivity contribution < 1.29 is 9.53 Å². The summed E-state index contributed by atoms with van der Waals surface area (Å²) in [6.45, 7) is 1.93. The van der Waals surface area contributed by atoms with E-state index in [2.05, 4.69) is 15.5 Å². The van der Waals surface area contributed by atoms with Crippen LogP contribution in [-0.4, -0.2) is 22.2 Å². The zero-order valence-electron chi connectivity index (χ0n) is 13.9. The molecule has 128 valence electrons. The van der Waals surface area contributed by atoms with Crippen LogP contribution in [-0.2, 0) is 4.79 Å². The van der Waals surface area contributed by atoms with E-state index < -0.39 is 6.10 Å². The van der Waals surface area contributed by atoms with Crippen LogP contribution in [0.4, 0.5) is 5.13 Å². The zero-order chi connectivity index (χ0) is 16.8. The number of hydrogen-bond acceptors (Lipinski definition) is 5. The summed E-state index contributed by atoms with van der Waals surface area (Å²) in [5.74, 6) is 1.02. The first kappa shape index (κ1) is 16.9. The molecule has 0 saturated heterocycles. The van der Waals surface area contributed by atoms with E-state index in [-0.39, 0.29) is 5.91 Å². The van der Waals surface area contributed by atoms with Gasteiger partial charge in [0, 0.05) is 5.92 Å². The molecular formula is C18H23N3O2S. The first-order valence-corrected chi connectivity index (χ1v) is 9.44. The standard InChI is InChI=1S/C18H23N3O2S/c1-2-15(23-14-11-7-4-8-12-14)16(22)19-18-21-20-17(24-18)13-9-5-3-6-10-13/h4,7-8,11-13,15H,2-3,5-6,9-10H2,1H3,(H,19,21,22). The van der Waals surface area contributed by atoms with Crippen molar-refractivity contribution in [3.63, 3.8) is 0 Å². The summed E-state index contributed by atoms with van der Waals surface area (Å²) >= 11 is 1.49. The number of benzene rings is 1. The Bertz CT molecular complexity index is 653. The SMILES string of the molecule is CCC(Oc1ccccc1)C(=O)Nc1nnc(C2CCCCC2)s1. The minimum atomic E-state index is -0.533. The monoisotopic (exact) mass is 345 g/mol. The van der Waals surface area contributed by atoms with Crippen molar-refractivity contribution in [1.82, 2.24) is 10.2 Å². The normalized spacial score (nSPS) is 16.5. The Kier molecular flexibility index (Phi) is 5.80. The number of amides is 1. The molecule has 1 unspecified atom stereocenters. The van der Waals surface area contributed by atoms with Crippen LogP contribution in [0.3, 0.4) is 0 Å². The summed E-state index contributed by atoms with van der Waals surface area (Å²) in [5.41, 5.74) is 0. The van der Waals surface area contributed by atoms with Crippen LogP contribution in [0.1, 0.15) is 56.4 Å². The Hall–Kier alpha value is -1.95. The smallest absolute Gasteiger partial charge is 0.267 e. The lowest BCUT2D eigenvalue weighted by Gasteiger charge is -2.18. The molecule has 0 aliphatic heterocycles. The predicted molar refractivity (Wildman–Crippen MR) is 95.5 cm³/mol. The summed E-state index contributed by atoms with van der Waals surface area (Å²) in [6.07, 6.45) is 6.25. The van der Waals surface area contributed by atoms with Gasteiger partial charge in [0.25, 0.3) is 5.91 Å². The van der Waals surface area contributed by atoms with Gasteiger partial charge in [0.15, 0.2) is 6.10 Å². The molecule has 0 radical (unpaired) electrons. The Morgan fingerprint density at radius 2 is 2.00 bits per heavy atom. The first-order chi connectivity index (χ1) is 11.8. The summed E-state index contributed by atoms with van der Waals surface area (Å²) in [6, 6.07) is 9.40. The molecule has 1 aliphatic carbocycles. The number of carbonyl (C=O) groups excluding carboxylic acids is 1. The number of nitrogens with zero attached hydrogens (tertiary/aromatic N) is 2. The molecule has 1 amide bonds. The van der Waals surface area contributed by atoms with E-state index in [1.165, 1.54) is 43.4 Å². The molecule has 5 nitrogen and oxygen atoms in total. The molecule has 1 N–H and O–H groups in total. The van der Waals surface area contributed by atoms with E-state index in [1.807, 2.05) is 37.3 Å². The van der Waals surface area contributed by atoms with Crippen LogP contribution >= 0.6 is 11.3 Å². The van der Waals surface area contributed by atoms with Crippen molar-refractivity contribution in [2.75, 3.05) is 5.32 Å². The molecule has 0 spiro atoms. The van der Waals surface area contributed by atoms with Gasteiger partial charge in [0.05, 0.1) is 0 Å². The summed E-state index contributed by atoms with van der Waals surface area (Å²) in [5, 5.41) is 12.9. The Morgan fingerprint density at radius 3 is 2.71 bits per heavy atom. The van der Waals surface area contributed by atoms with E-state index >= 15 is 0 Å². The van der Waals surface area contributed by atoms with Gasteiger partial charge in [0.1, 0.15) is 10.8 Å². The van der Waals surface area contributed by atoms with Gasteiger partial charge in [-0.2, -0.15) is 0 Å². The maximum atomic E-state index is 12.4. The molecule has 1 saturated carbocycles. The lowest BCUT2D eigenvalue weighted by atomic mass is 9.90. The van der Waals surface area contributed by atoms with E-state index in [0.29, 0.717) is 23.2 Å². The van der Waals surface area contributed by atoms with Gasteiger partial charge in [-0.05, 0) is 31.4 Å². The van der Waals surface area contributed by atoms with E-state index in [9.17, 15) is 4.79 Å². The van der Waals surface area contributed by atoms with Crippen molar-refractivity contribution in [1.29, 1.82) is 0 Å². The molecule has 1 atom stereocenters. The number of para-hydroxylation sites is 1. The van der Waals surface area contributed by atoms with Gasteiger partial charge >= 0.3 is 0 Å². The largest absolute Gasteiger partial charge is 0.481 e. The molecule has 1 aliphatic rings. The van der Waals surface area contributed by atoms with Crippen LogP contribution in [0.15, 0.2) is 30.3 Å². The number of nitrogens with one attached hydrogen (secondary N) is 1. The highest BCUT2D eigenvalue weighted by Gasteiger charge is 2.23. The fourth-order valence-corrected chi connectivity index (χ4v) is 3.89. The fraction of sp³-hybridized carbons (Fsp3) is 0.500. The molecule has 0 bridgehead atoms. The molecule has 1 fully saturated rings. The van der Waals surface area contributed by atoms with Crippen molar-refractivity contribution in [2.24, 2.45) is 0 Å². The molecule has 3 rings (SSSR count). The average Bonchev–Trinajstić information content (AvgIpc) is 3.09. The lowest BCUT2D eigenvalue weighted by molar-refractivity contribution is -0.122. The number of anilines is 1. The van der Waals surface area contributed by atoms with E-state index in [0.717, 1.165) is 5.01 Å². The molecule has 2 aromatic rings. The second kappa shape index (κ2) is 8.24. The molecule has 1 aromatic heterocycles. The number of carbonyl (C=O) groups is 1. The fourth-order valence-electron chi connectivity index (χ4n) is 2.97. The quantitative estimate of drug-likeness (QED) is 0.844. The Balaban J connectivity index is 1.59. The first-order valence-electron chi connectivity index (χ1n) is 8.62. The minimum absolute atomic E-state index is 0.173. The van der Waals surface area contributed by atoms with Crippen LogP contribution in [0.2, 0.25) is 0 Å². The molecule has 1 aromatic carbocycles. The van der Waals surface area contributed by atoms with E-state index in [4.69, 9.17) is 4.74 Å². The van der Waals surface area contributed by atoms with Crippen LogP contribution < -0.4 is 10.1 Å². The van der Waals surface area contributed by atoms with Crippen LogP contribution in [0, 0.1) is 0 Å². The number of rotatable bonds is 6. The van der Waals surface area contributed by atoms with Crippen molar-refractivity contribution >= 4 is 22.4 Å².